The first-order chi connectivity index (χ1) is 10.6. The minimum Gasteiger partial charge on any atom is -0.394 e. The van der Waals surface area contributed by atoms with Crippen LogP contribution < -0.4 is 11.3 Å². The van der Waals surface area contributed by atoms with Gasteiger partial charge in [-0.3, -0.25) is 14.3 Å². The Hall–Kier alpha value is -2.01. The number of aliphatic hydroxyl groups excluding tert-OH is 2. The van der Waals surface area contributed by atoms with Crippen LogP contribution in [-0.2, 0) is 9.47 Å². The van der Waals surface area contributed by atoms with E-state index in [1.807, 2.05) is 0 Å². The van der Waals surface area contributed by atoms with Gasteiger partial charge in [-0.05, 0) is 0 Å². The molecule has 5 N–H and O–H groups in total. The lowest BCUT2D eigenvalue weighted by atomic mass is 9.86. The first-order valence-corrected chi connectivity index (χ1v) is 6.87. The fourth-order valence-electron chi connectivity index (χ4n) is 3.14. The molecule has 22 heavy (non-hydrogen) atoms. The zero-order chi connectivity index (χ0) is 15.5. The van der Waals surface area contributed by atoms with E-state index < -0.39 is 29.6 Å². The van der Waals surface area contributed by atoms with Gasteiger partial charge < -0.3 is 25.4 Å². The summed E-state index contributed by atoms with van der Waals surface area (Å²) in [4.78, 5) is 22.3. The molecule has 0 saturated carbocycles. The third-order valence-electron chi connectivity index (χ3n) is 4.32. The second-order valence-electron chi connectivity index (χ2n) is 5.48. The van der Waals surface area contributed by atoms with Crippen LogP contribution in [0.15, 0.2) is 11.1 Å². The number of ether oxygens (including phenoxy) is 2. The molecule has 10 nitrogen and oxygen atoms in total. The monoisotopic (exact) mass is 309 g/mol. The number of H-pyrrole nitrogens is 1. The van der Waals surface area contributed by atoms with Crippen LogP contribution in [0.5, 0.6) is 0 Å². The molecular weight excluding hydrogens is 294 g/mol. The Morgan fingerprint density at radius 3 is 3.00 bits per heavy atom. The maximum absolute atomic E-state index is 11.8. The maximum atomic E-state index is 11.8. The van der Waals surface area contributed by atoms with Crippen LogP contribution in [0.2, 0.25) is 0 Å². The number of imidazole rings is 1. The highest BCUT2D eigenvalue weighted by molar-refractivity contribution is 5.70. The molecule has 1 spiro atoms. The van der Waals surface area contributed by atoms with Crippen LogP contribution in [0, 0.1) is 0 Å². The van der Waals surface area contributed by atoms with Gasteiger partial charge in [0.05, 0.1) is 19.5 Å². The summed E-state index contributed by atoms with van der Waals surface area (Å²) in [5.74, 6) is -0.0416. The lowest BCUT2D eigenvalue weighted by molar-refractivity contribution is -0.225. The molecule has 2 aliphatic rings. The van der Waals surface area contributed by atoms with E-state index in [0.717, 1.165) is 0 Å². The molecule has 2 fully saturated rings. The van der Waals surface area contributed by atoms with Gasteiger partial charge in [0.2, 0.25) is 5.95 Å². The average molecular weight is 309 g/mol. The van der Waals surface area contributed by atoms with Crippen molar-refractivity contribution in [3.8, 4) is 0 Å². The number of hydrogen-bond donors (Lipinski definition) is 4. The van der Waals surface area contributed by atoms with E-state index in [2.05, 4.69) is 15.0 Å². The van der Waals surface area contributed by atoms with Gasteiger partial charge in [-0.2, -0.15) is 4.98 Å². The summed E-state index contributed by atoms with van der Waals surface area (Å²) in [5.41, 5.74) is 4.51. The van der Waals surface area contributed by atoms with E-state index >= 15 is 0 Å². The molecular formula is C12H15N5O5. The Morgan fingerprint density at radius 1 is 1.59 bits per heavy atom. The van der Waals surface area contributed by atoms with Crippen molar-refractivity contribution in [2.75, 3.05) is 18.9 Å². The van der Waals surface area contributed by atoms with E-state index in [-0.39, 0.29) is 23.7 Å². The minimum atomic E-state index is -0.979. The minimum absolute atomic E-state index is 0.0416. The number of nitrogens with zero attached hydrogens (tertiary/aromatic N) is 3. The Balaban J connectivity index is 1.86. The molecule has 4 atom stereocenters. The largest absolute Gasteiger partial charge is 0.394 e. The molecule has 0 amide bonds. The fraction of sp³-hybridized carbons (Fsp3) is 0.583. The number of aliphatic hydroxyl groups is 2. The van der Waals surface area contributed by atoms with Gasteiger partial charge in [-0.15, -0.1) is 0 Å². The van der Waals surface area contributed by atoms with Crippen molar-refractivity contribution in [1.82, 2.24) is 19.5 Å². The van der Waals surface area contributed by atoms with E-state index in [1.54, 1.807) is 0 Å². The quantitative estimate of drug-likeness (QED) is 0.503. The van der Waals surface area contributed by atoms with Crippen LogP contribution in [0.1, 0.15) is 12.6 Å². The van der Waals surface area contributed by atoms with Gasteiger partial charge in [-0.25, -0.2) is 4.98 Å². The normalized spacial score (nSPS) is 34.4. The number of nitrogen functional groups attached to an aromatic ring is 1. The summed E-state index contributed by atoms with van der Waals surface area (Å²) in [7, 11) is 0. The zero-order valence-electron chi connectivity index (χ0n) is 11.5. The average Bonchev–Trinajstić information content (AvgIpc) is 2.96. The van der Waals surface area contributed by atoms with Crippen LogP contribution >= 0.6 is 0 Å². The van der Waals surface area contributed by atoms with Crippen molar-refractivity contribution in [3.05, 3.63) is 16.7 Å². The summed E-state index contributed by atoms with van der Waals surface area (Å²) in [5, 5.41) is 19.7. The topological polar surface area (TPSA) is 149 Å². The molecule has 4 rings (SSSR count). The van der Waals surface area contributed by atoms with Gasteiger partial charge in [0.1, 0.15) is 17.8 Å². The molecule has 2 aromatic heterocycles. The second kappa shape index (κ2) is 4.49. The smallest absolute Gasteiger partial charge is 0.280 e. The highest BCUT2D eigenvalue weighted by atomic mass is 16.6. The third kappa shape index (κ3) is 1.60. The third-order valence-corrected chi connectivity index (χ3v) is 4.32. The van der Waals surface area contributed by atoms with Crippen molar-refractivity contribution in [2.24, 2.45) is 0 Å². The zero-order valence-corrected chi connectivity index (χ0v) is 11.5. The molecule has 0 unspecified atom stereocenters. The van der Waals surface area contributed by atoms with Gasteiger partial charge >= 0.3 is 0 Å². The predicted molar refractivity (Wildman–Crippen MR) is 72.9 cm³/mol. The van der Waals surface area contributed by atoms with Crippen LogP contribution in [-0.4, -0.2) is 60.8 Å². The highest BCUT2D eigenvalue weighted by Crippen LogP contribution is 2.48. The summed E-state index contributed by atoms with van der Waals surface area (Å²) in [6, 6.07) is 0. The molecule has 2 aliphatic heterocycles. The summed E-state index contributed by atoms with van der Waals surface area (Å²) < 4.78 is 12.8. The van der Waals surface area contributed by atoms with E-state index in [1.165, 1.54) is 10.9 Å². The van der Waals surface area contributed by atoms with E-state index in [4.69, 9.17) is 15.2 Å². The maximum Gasteiger partial charge on any atom is 0.280 e. The Kier molecular flexibility index (Phi) is 2.78. The number of nitrogens with two attached hydrogens (primary N) is 1. The van der Waals surface area contributed by atoms with Crippen molar-refractivity contribution in [3.63, 3.8) is 0 Å². The van der Waals surface area contributed by atoms with Crippen molar-refractivity contribution in [2.45, 2.75) is 30.5 Å². The SMILES string of the molecule is Nc1nc2c(ncn2[C@@H]2O[C@H](CO)[C@@H](O)[C@@]23CCO3)c(=O)[nH]1. The van der Waals surface area contributed by atoms with Crippen molar-refractivity contribution < 1.29 is 19.7 Å². The molecule has 0 bridgehead atoms. The number of fused-ring (bicyclic) bond motifs is 1. The van der Waals surface area contributed by atoms with E-state index in [0.29, 0.717) is 13.0 Å². The van der Waals surface area contributed by atoms with Gasteiger partial charge in [0.15, 0.2) is 17.4 Å². The Labute approximate surface area is 123 Å². The van der Waals surface area contributed by atoms with E-state index in [9.17, 15) is 15.0 Å². The van der Waals surface area contributed by atoms with Crippen LogP contribution in [0.4, 0.5) is 5.95 Å². The fourth-order valence-corrected chi connectivity index (χ4v) is 3.14. The highest BCUT2D eigenvalue weighted by Gasteiger charge is 2.61. The van der Waals surface area contributed by atoms with Gasteiger partial charge in [0, 0.05) is 6.42 Å². The molecule has 118 valence electrons. The number of aromatic nitrogens is 4. The molecule has 0 aliphatic carbocycles. The number of hydrogen-bond acceptors (Lipinski definition) is 8. The molecule has 4 heterocycles. The number of rotatable bonds is 2. The lowest BCUT2D eigenvalue weighted by Gasteiger charge is -2.44. The van der Waals surface area contributed by atoms with Gasteiger partial charge in [0.25, 0.3) is 5.56 Å². The molecule has 2 aromatic rings. The molecule has 0 aromatic carbocycles. The summed E-state index contributed by atoms with van der Waals surface area (Å²) in [6.07, 6.45) is -0.539. The lowest BCUT2D eigenvalue weighted by Crippen LogP contribution is -2.56. The van der Waals surface area contributed by atoms with Gasteiger partial charge in [-0.1, -0.05) is 0 Å². The second-order valence-corrected chi connectivity index (χ2v) is 5.48. The molecule has 10 heteroatoms. The first-order valence-electron chi connectivity index (χ1n) is 6.87. The molecule has 0 radical (unpaired) electrons. The van der Waals surface area contributed by atoms with Crippen LogP contribution in [0.3, 0.4) is 0 Å². The number of anilines is 1. The van der Waals surface area contributed by atoms with Crippen molar-refractivity contribution in [1.29, 1.82) is 0 Å². The first kappa shape index (κ1) is 13.6. The Morgan fingerprint density at radius 2 is 2.36 bits per heavy atom. The number of nitrogens with one attached hydrogen (secondary N) is 1. The standard InChI is InChI=1S/C12H15N5O5/c13-11-15-8-6(9(20)16-11)14-4-17(8)10-12(1-2-21-12)7(19)5(3-18)22-10/h4-5,7,10,18-19H,1-3H2,(H3,13,15,16,20)/t5-,7-,10-,12+/m1/s1. The Bertz CT molecular complexity index is 782. The van der Waals surface area contributed by atoms with Crippen molar-refractivity contribution >= 4 is 17.1 Å². The predicted octanol–water partition coefficient (Wildman–Crippen LogP) is -1.89. The number of aromatic amines is 1. The molecule has 2 saturated heterocycles. The summed E-state index contributed by atoms with van der Waals surface area (Å²) in [6.45, 7) is 0.142. The summed E-state index contributed by atoms with van der Waals surface area (Å²) >= 11 is 0. The van der Waals surface area contributed by atoms with Crippen LogP contribution in [0.25, 0.3) is 11.2 Å².